The number of aromatic amines is 2. The van der Waals surface area contributed by atoms with Gasteiger partial charge in [-0.1, -0.05) is 48.5 Å². The summed E-state index contributed by atoms with van der Waals surface area (Å²) in [5.74, 6) is 2.00. The van der Waals surface area contributed by atoms with Gasteiger partial charge in [0.1, 0.15) is 11.6 Å². The van der Waals surface area contributed by atoms with Crippen molar-refractivity contribution in [2.75, 3.05) is 41.3 Å². The second-order valence-corrected chi connectivity index (χ2v) is 13.2. The second-order valence-electron chi connectivity index (χ2n) is 13.2. The number of carbonyl (C=O) groups excluding carboxylic acids is 2. The molecule has 0 spiro atoms. The van der Waals surface area contributed by atoms with Crippen LogP contribution >= 0.6 is 0 Å². The van der Waals surface area contributed by atoms with Crippen LogP contribution in [0.4, 0.5) is 0 Å². The first-order chi connectivity index (χ1) is 22.1. The number of amides is 2. The van der Waals surface area contributed by atoms with Gasteiger partial charge in [0.2, 0.25) is 11.8 Å². The van der Waals surface area contributed by atoms with Crippen molar-refractivity contribution >= 4 is 11.8 Å². The van der Waals surface area contributed by atoms with E-state index in [2.05, 4.69) is 58.5 Å². The van der Waals surface area contributed by atoms with E-state index in [1.165, 1.54) is 0 Å². The van der Waals surface area contributed by atoms with Gasteiger partial charge in [0.15, 0.2) is 0 Å². The van der Waals surface area contributed by atoms with Crippen LogP contribution in [0.1, 0.15) is 63.3 Å². The minimum Gasteiger partial charge on any atom is -0.340 e. The van der Waals surface area contributed by atoms with Crippen molar-refractivity contribution in [2.24, 2.45) is 0 Å². The number of likely N-dealkylation sites (N-methyl/N-ethyl adjacent to an activating group) is 2. The maximum atomic E-state index is 13.1. The van der Waals surface area contributed by atoms with Crippen molar-refractivity contribution in [1.82, 2.24) is 39.5 Å². The highest BCUT2D eigenvalue weighted by Crippen LogP contribution is 2.34. The molecule has 6 rings (SSSR count). The molecule has 10 nitrogen and oxygen atoms in total. The molecule has 2 aromatic carbocycles. The molecule has 10 heteroatoms. The first-order valence-corrected chi connectivity index (χ1v) is 16.4. The number of nitrogens with one attached hydrogen (secondary N) is 2. The first kappa shape index (κ1) is 31.7. The highest BCUT2D eigenvalue weighted by atomic mass is 16.2. The Kier molecular flexibility index (Phi) is 9.11. The molecule has 2 unspecified atom stereocenters. The average molecular weight is 623 g/mol. The van der Waals surface area contributed by atoms with Gasteiger partial charge in [0, 0.05) is 13.1 Å². The summed E-state index contributed by atoms with van der Waals surface area (Å²) in [6.07, 6.45) is 7.55. The second kappa shape index (κ2) is 13.2. The first-order valence-electron chi connectivity index (χ1n) is 16.4. The normalized spacial score (nSPS) is 19.7. The number of H-pyrrole nitrogens is 2. The van der Waals surface area contributed by atoms with Crippen LogP contribution in [0.15, 0.2) is 60.9 Å². The lowest BCUT2D eigenvalue weighted by molar-refractivity contribution is -0.137. The molecule has 242 valence electrons. The summed E-state index contributed by atoms with van der Waals surface area (Å²) in [6, 6.07) is 16.6. The molecule has 4 heterocycles. The number of benzene rings is 2. The van der Waals surface area contributed by atoms with Gasteiger partial charge in [-0.25, -0.2) is 9.97 Å². The minimum absolute atomic E-state index is 0.0150. The van der Waals surface area contributed by atoms with Gasteiger partial charge in [-0.3, -0.25) is 19.4 Å². The molecule has 2 aromatic heterocycles. The Balaban J connectivity index is 1.12. The van der Waals surface area contributed by atoms with Gasteiger partial charge in [0.25, 0.3) is 0 Å². The number of rotatable bonds is 9. The topological polar surface area (TPSA) is 104 Å². The van der Waals surface area contributed by atoms with Gasteiger partial charge < -0.3 is 19.8 Å². The van der Waals surface area contributed by atoms with Gasteiger partial charge in [-0.2, -0.15) is 0 Å². The summed E-state index contributed by atoms with van der Waals surface area (Å²) < 4.78 is 0. The standard InChI is InChI=1S/C36H46N8O2/c1-23(41(3)4)35(45)43-19-7-9-31(43)33-37-21-29(39-33)27-15-11-25(12-16-27)26-13-17-28(18-14-26)30-22-38-34(40-30)32-10-8-20-44(32)36(46)24(2)42(5)6/h11-18,21-24,31-32H,7-10,19-20H2,1-6H3,(H,37,39)(H,38,40)/t23?,24?,31-,32-/m0/s1. The van der Waals surface area contributed by atoms with Gasteiger partial charge in [-0.15, -0.1) is 0 Å². The molecular weight excluding hydrogens is 576 g/mol. The van der Waals surface area contributed by atoms with Crippen molar-refractivity contribution in [1.29, 1.82) is 0 Å². The smallest absolute Gasteiger partial charge is 0.240 e. The molecule has 4 aromatic rings. The zero-order chi connectivity index (χ0) is 32.5. The lowest BCUT2D eigenvalue weighted by Gasteiger charge is -2.29. The Morgan fingerprint density at radius 1 is 0.652 bits per heavy atom. The van der Waals surface area contributed by atoms with E-state index in [4.69, 9.17) is 9.97 Å². The van der Waals surface area contributed by atoms with Gasteiger partial charge in [-0.05, 0) is 90.0 Å². The van der Waals surface area contributed by atoms with Crippen molar-refractivity contribution in [3.05, 3.63) is 72.6 Å². The predicted octanol–water partition coefficient (Wildman–Crippen LogP) is 5.36. The molecule has 2 amide bonds. The molecule has 4 atom stereocenters. The van der Waals surface area contributed by atoms with Crippen molar-refractivity contribution in [3.63, 3.8) is 0 Å². The SMILES string of the molecule is CC(C(=O)N1CCC[C@H]1c1ncc(-c2ccc(-c3ccc(-c4cnc([C@@H]5CCCN5C(=O)C(C)N(C)C)[nH]4)cc3)cc2)[nH]1)N(C)C. The Morgan fingerprint density at radius 2 is 1.00 bits per heavy atom. The Hall–Kier alpha value is -4.28. The van der Waals surface area contributed by atoms with Gasteiger partial charge in [0.05, 0.1) is 47.9 Å². The van der Waals surface area contributed by atoms with E-state index < -0.39 is 0 Å². The van der Waals surface area contributed by atoms with E-state index in [0.717, 1.165) is 84.1 Å². The van der Waals surface area contributed by atoms with Crippen molar-refractivity contribution in [2.45, 2.75) is 63.7 Å². The number of aromatic nitrogens is 4. The highest BCUT2D eigenvalue weighted by Gasteiger charge is 2.36. The molecule has 2 aliphatic rings. The monoisotopic (exact) mass is 622 g/mol. The molecule has 0 aliphatic carbocycles. The Bertz CT molecular complexity index is 1530. The fraction of sp³-hybridized carbons (Fsp3) is 0.444. The number of likely N-dealkylation sites (tertiary alicyclic amines) is 2. The molecule has 0 radical (unpaired) electrons. The molecule has 0 bridgehead atoms. The summed E-state index contributed by atoms with van der Waals surface area (Å²) in [5, 5.41) is 0. The van der Waals surface area contributed by atoms with Crippen LogP contribution in [0.25, 0.3) is 33.6 Å². The van der Waals surface area contributed by atoms with E-state index in [1.807, 2.05) is 74.0 Å². The third kappa shape index (κ3) is 6.24. The molecule has 46 heavy (non-hydrogen) atoms. The molecule has 0 saturated carbocycles. The number of nitrogens with zero attached hydrogens (tertiary/aromatic N) is 6. The fourth-order valence-electron chi connectivity index (χ4n) is 6.54. The average Bonchev–Trinajstić information content (AvgIpc) is 3.89. The van der Waals surface area contributed by atoms with Crippen molar-refractivity contribution in [3.8, 4) is 33.6 Å². The summed E-state index contributed by atoms with van der Waals surface area (Å²) in [7, 11) is 7.76. The Labute approximate surface area is 271 Å². The van der Waals surface area contributed by atoms with Gasteiger partial charge >= 0.3 is 0 Å². The lowest BCUT2D eigenvalue weighted by atomic mass is 10.0. The van der Waals surface area contributed by atoms with E-state index in [0.29, 0.717) is 0 Å². The van der Waals surface area contributed by atoms with Crippen LogP contribution in [0.5, 0.6) is 0 Å². The van der Waals surface area contributed by atoms with Crippen LogP contribution in [-0.2, 0) is 9.59 Å². The van der Waals surface area contributed by atoms with E-state index in [9.17, 15) is 9.59 Å². The van der Waals surface area contributed by atoms with Crippen LogP contribution in [0.3, 0.4) is 0 Å². The van der Waals surface area contributed by atoms with E-state index >= 15 is 0 Å². The van der Waals surface area contributed by atoms with E-state index in [-0.39, 0.29) is 36.0 Å². The lowest BCUT2D eigenvalue weighted by Crippen LogP contribution is -2.44. The molecular formula is C36H46N8O2. The number of hydrogen-bond donors (Lipinski definition) is 2. The number of carbonyl (C=O) groups is 2. The predicted molar refractivity (Wildman–Crippen MR) is 181 cm³/mol. The van der Waals surface area contributed by atoms with Crippen LogP contribution in [0.2, 0.25) is 0 Å². The molecule has 2 fully saturated rings. The summed E-state index contributed by atoms with van der Waals surface area (Å²) >= 11 is 0. The van der Waals surface area contributed by atoms with Crippen molar-refractivity contribution < 1.29 is 9.59 Å². The molecule has 2 aliphatic heterocycles. The maximum Gasteiger partial charge on any atom is 0.240 e. The highest BCUT2D eigenvalue weighted by molar-refractivity contribution is 5.82. The third-order valence-electron chi connectivity index (χ3n) is 9.88. The van der Waals surface area contributed by atoms with Crippen LogP contribution in [-0.4, -0.2) is 105 Å². The van der Waals surface area contributed by atoms with Crippen LogP contribution < -0.4 is 0 Å². The van der Waals surface area contributed by atoms with E-state index in [1.54, 1.807) is 0 Å². The number of imidazole rings is 2. The largest absolute Gasteiger partial charge is 0.340 e. The molecule has 2 N–H and O–H groups in total. The minimum atomic E-state index is -0.162. The summed E-state index contributed by atoms with van der Waals surface area (Å²) in [4.78, 5) is 50.4. The summed E-state index contributed by atoms with van der Waals surface area (Å²) in [5.41, 5.74) is 6.26. The van der Waals surface area contributed by atoms with Crippen LogP contribution in [0, 0.1) is 0 Å². The molecule has 2 saturated heterocycles. The third-order valence-corrected chi connectivity index (χ3v) is 9.88. The maximum absolute atomic E-state index is 13.1. The summed E-state index contributed by atoms with van der Waals surface area (Å²) in [6.45, 7) is 5.44. The zero-order valence-electron chi connectivity index (χ0n) is 27.8. The number of hydrogen-bond acceptors (Lipinski definition) is 6. The Morgan fingerprint density at radius 3 is 1.35 bits per heavy atom. The fourth-order valence-corrected chi connectivity index (χ4v) is 6.54. The zero-order valence-corrected chi connectivity index (χ0v) is 27.8. The quantitative estimate of drug-likeness (QED) is 0.261.